The predicted molar refractivity (Wildman–Crippen MR) is 124 cm³/mol. The average molecular weight is 443 g/mol. The quantitative estimate of drug-likeness (QED) is 0.715. The Bertz CT molecular complexity index is 1010. The van der Waals surface area contributed by atoms with Crippen molar-refractivity contribution in [3.8, 4) is 5.69 Å². The van der Waals surface area contributed by atoms with Crippen molar-refractivity contribution in [2.75, 3.05) is 23.4 Å². The molecule has 0 radical (unpaired) electrons. The number of rotatable bonds is 7. The number of nitrogens with zero attached hydrogens (tertiary/aromatic N) is 3. The zero-order chi connectivity index (χ0) is 22.0. The van der Waals surface area contributed by atoms with Gasteiger partial charge in [0.15, 0.2) is 0 Å². The Morgan fingerprint density at radius 1 is 1.10 bits per heavy atom. The molecule has 1 aromatic carbocycles. The first-order valence-electron chi connectivity index (χ1n) is 11.0. The molecule has 2 amide bonds. The van der Waals surface area contributed by atoms with Gasteiger partial charge in [-0.1, -0.05) is 24.6 Å². The van der Waals surface area contributed by atoms with E-state index in [1.165, 1.54) is 35.7 Å². The Kier molecular flexibility index (Phi) is 6.55. The molecule has 2 fully saturated rings. The van der Waals surface area contributed by atoms with Gasteiger partial charge in [0.1, 0.15) is 5.69 Å². The van der Waals surface area contributed by atoms with Crippen molar-refractivity contribution in [1.29, 1.82) is 0 Å². The summed E-state index contributed by atoms with van der Waals surface area (Å²) < 4.78 is 3.27. The van der Waals surface area contributed by atoms with Gasteiger partial charge in [-0.2, -0.15) is 0 Å². The van der Waals surface area contributed by atoms with Crippen LogP contribution in [0.15, 0.2) is 35.1 Å². The molecule has 1 unspecified atom stereocenters. The van der Waals surface area contributed by atoms with Crippen LogP contribution in [0, 0.1) is 12.8 Å². The largest absolute Gasteiger partial charge is 0.339 e. The van der Waals surface area contributed by atoms with Crippen LogP contribution in [0.3, 0.4) is 0 Å². The summed E-state index contributed by atoms with van der Waals surface area (Å²) >= 11 is 1.32. The Hall–Kier alpha value is -2.48. The van der Waals surface area contributed by atoms with E-state index in [4.69, 9.17) is 0 Å². The maximum Gasteiger partial charge on any atom is 0.295 e. The summed E-state index contributed by atoms with van der Waals surface area (Å²) in [6, 6.07) is 9.73. The van der Waals surface area contributed by atoms with E-state index < -0.39 is 0 Å². The number of para-hydroxylation sites is 1. The van der Waals surface area contributed by atoms with Crippen LogP contribution in [0.2, 0.25) is 0 Å². The maximum absolute atomic E-state index is 12.9. The van der Waals surface area contributed by atoms with Crippen molar-refractivity contribution in [2.45, 2.75) is 45.1 Å². The van der Waals surface area contributed by atoms with Crippen LogP contribution in [0.1, 0.15) is 37.8 Å². The van der Waals surface area contributed by atoms with Gasteiger partial charge in [0, 0.05) is 19.6 Å². The lowest BCUT2D eigenvalue weighted by Gasteiger charge is -2.37. The molecule has 1 saturated heterocycles. The lowest BCUT2D eigenvalue weighted by molar-refractivity contribution is -0.130. The number of anilines is 1. The lowest BCUT2D eigenvalue weighted by atomic mass is 9.79. The van der Waals surface area contributed by atoms with E-state index in [0.717, 1.165) is 25.1 Å². The number of benzene rings is 1. The van der Waals surface area contributed by atoms with Gasteiger partial charge in [0.25, 0.3) is 5.56 Å². The first-order valence-corrected chi connectivity index (χ1v) is 12.1. The fraction of sp³-hybridized carbons (Fsp3) is 0.522. The predicted octanol–water partition coefficient (Wildman–Crippen LogP) is 2.95. The molecule has 1 saturated carbocycles. The zero-order valence-electron chi connectivity index (χ0n) is 18.2. The van der Waals surface area contributed by atoms with E-state index in [1.54, 1.807) is 18.7 Å². The molecule has 0 spiro atoms. The summed E-state index contributed by atoms with van der Waals surface area (Å²) in [7, 11) is 1.79. The summed E-state index contributed by atoms with van der Waals surface area (Å²) in [6.07, 6.45) is 5.95. The summed E-state index contributed by atoms with van der Waals surface area (Å²) in [4.78, 5) is 40.1. The molecule has 1 aliphatic carbocycles. The van der Waals surface area contributed by atoms with Crippen molar-refractivity contribution in [1.82, 2.24) is 14.3 Å². The van der Waals surface area contributed by atoms with Gasteiger partial charge in [-0.15, -0.1) is 11.8 Å². The molecule has 2 aliphatic rings. The second-order valence-electron chi connectivity index (χ2n) is 8.47. The number of hydrogen-bond donors (Lipinski definition) is 1. The molecule has 0 bridgehead atoms. The maximum atomic E-state index is 12.9. The van der Waals surface area contributed by atoms with Gasteiger partial charge in [-0.05, 0) is 50.7 Å². The van der Waals surface area contributed by atoms with Gasteiger partial charge in [0.05, 0.1) is 22.9 Å². The van der Waals surface area contributed by atoms with Crippen molar-refractivity contribution in [2.24, 2.45) is 13.0 Å². The number of carbonyl (C=O) groups excluding carboxylic acids is 2. The minimum Gasteiger partial charge on any atom is -0.339 e. The van der Waals surface area contributed by atoms with Crippen LogP contribution in [0.4, 0.5) is 5.69 Å². The van der Waals surface area contributed by atoms with E-state index in [0.29, 0.717) is 23.4 Å². The molecule has 4 rings (SSSR count). The van der Waals surface area contributed by atoms with Gasteiger partial charge < -0.3 is 10.2 Å². The molecular formula is C23H30N4O3S. The summed E-state index contributed by atoms with van der Waals surface area (Å²) in [6.45, 7) is 2.65. The molecule has 31 heavy (non-hydrogen) atoms. The third-order valence-corrected chi connectivity index (χ3v) is 7.51. The minimum atomic E-state index is -0.263. The van der Waals surface area contributed by atoms with E-state index in [1.807, 2.05) is 35.2 Å². The third-order valence-electron chi connectivity index (χ3n) is 6.59. The second kappa shape index (κ2) is 9.34. The molecule has 1 aliphatic heterocycles. The van der Waals surface area contributed by atoms with Crippen molar-refractivity contribution < 1.29 is 9.59 Å². The number of carbonyl (C=O) groups is 2. The summed E-state index contributed by atoms with van der Waals surface area (Å²) in [5, 5.41) is 2.76. The highest BCUT2D eigenvalue weighted by molar-refractivity contribution is 8.00. The topological polar surface area (TPSA) is 76.3 Å². The van der Waals surface area contributed by atoms with Crippen molar-refractivity contribution >= 4 is 29.3 Å². The molecule has 1 atom stereocenters. The fourth-order valence-corrected chi connectivity index (χ4v) is 5.32. The highest BCUT2D eigenvalue weighted by Crippen LogP contribution is 2.37. The molecule has 8 heteroatoms. The van der Waals surface area contributed by atoms with Crippen LogP contribution < -0.4 is 10.9 Å². The standard InChI is InChI=1S/C23H30N4O3S/c1-16-22(23(30)27(25(16)2)18-10-4-3-5-11-18)24-20(28)14-31-15-21(29)26-13-7-12-19(26)17-8-6-9-17/h3-5,10-11,17,19H,6-9,12-15H2,1-2H3,(H,24,28). The average Bonchev–Trinajstić information content (AvgIpc) is 3.27. The molecule has 166 valence electrons. The molecule has 2 heterocycles. The number of likely N-dealkylation sites (tertiary alicyclic amines) is 1. The van der Waals surface area contributed by atoms with Gasteiger partial charge in [-0.25, -0.2) is 4.68 Å². The number of amides is 2. The van der Waals surface area contributed by atoms with E-state index in [2.05, 4.69) is 5.32 Å². The minimum absolute atomic E-state index is 0.134. The molecule has 2 aromatic rings. The first kappa shape index (κ1) is 21.7. The van der Waals surface area contributed by atoms with Gasteiger partial charge >= 0.3 is 0 Å². The Balaban J connectivity index is 1.33. The molecule has 1 N–H and O–H groups in total. The SMILES string of the molecule is Cc1c(NC(=O)CSCC(=O)N2CCCC2C2CCC2)c(=O)n(-c2ccccc2)n1C. The van der Waals surface area contributed by atoms with E-state index in [-0.39, 0.29) is 28.8 Å². The Morgan fingerprint density at radius 3 is 2.52 bits per heavy atom. The Labute approximate surface area is 186 Å². The number of hydrogen-bond acceptors (Lipinski definition) is 4. The third kappa shape index (κ3) is 4.44. The summed E-state index contributed by atoms with van der Waals surface area (Å²) in [5.41, 5.74) is 1.45. The first-order chi connectivity index (χ1) is 15.0. The van der Waals surface area contributed by atoms with Crippen LogP contribution in [-0.2, 0) is 16.6 Å². The molecule has 1 aromatic heterocycles. The second-order valence-corrected chi connectivity index (χ2v) is 9.45. The summed E-state index contributed by atoms with van der Waals surface area (Å²) in [5.74, 6) is 0.994. The zero-order valence-corrected chi connectivity index (χ0v) is 19.0. The van der Waals surface area contributed by atoms with Crippen molar-refractivity contribution in [3.63, 3.8) is 0 Å². The van der Waals surface area contributed by atoms with Crippen LogP contribution in [-0.4, -0.2) is 50.2 Å². The molecular weight excluding hydrogens is 412 g/mol. The number of aromatic nitrogens is 2. The van der Waals surface area contributed by atoms with E-state index >= 15 is 0 Å². The molecule has 7 nitrogen and oxygen atoms in total. The van der Waals surface area contributed by atoms with Crippen LogP contribution in [0.25, 0.3) is 5.69 Å². The smallest absolute Gasteiger partial charge is 0.295 e. The highest BCUT2D eigenvalue weighted by atomic mass is 32.2. The van der Waals surface area contributed by atoms with E-state index in [9.17, 15) is 14.4 Å². The van der Waals surface area contributed by atoms with Gasteiger partial charge in [-0.3, -0.25) is 19.1 Å². The lowest BCUT2D eigenvalue weighted by Crippen LogP contribution is -2.43. The Morgan fingerprint density at radius 2 is 1.84 bits per heavy atom. The normalized spacial score (nSPS) is 18.8. The van der Waals surface area contributed by atoms with Gasteiger partial charge in [0.2, 0.25) is 11.8 Å². The monoisotopic (exact) mass is 442 g/mol. The number of nitrogens with one attached hydrogen (secondary N) is 1. The van der Waals surface area contributed by atoms with Crippen molar-refractivity contribution in [3.05, 3.63) is 46.4 Å². The fourth-order valence-electron chi connectivity index (χ4n) is 4.62. The van der Waals surface area contributed by atoms with Crippen LogP contribution in [0.5, 0.6) is 0 Å². The number of thioether (sulfide) groups is 1. The highest BCUT2D eigenvalue weighted by Gasteiger charge is 2.37. The van der Waals surface area contributed by atoms with Crippen LogP contribution >= 0.6 is 11.8 Å².